The summed E-state index contributed by atoms with van der Waals surface area (Å²) in [5.41, 5.74) is 2.25. The number of amides is 2. The minimum Gasteiger partial charge on any atom is -0.488 e. The van der Waals surface area contributed by atoms with Crippen LogP contribution >= 0.6 is 27.5 Å². The highest BCUT2D eigenvalue weighted by Gasteiger charge is 2.24. The molecule has 3 aromatic rings. The van der Waals surface area contributed by atoms with Gasteiger partial charge in [-0.25, -0.2) is 0 Å². The van der Waals surface area contributed by atoms with Gasteiger partial charge >= 0.3 is 11.8 Å². The van der Waals surface area contributed by atoms with Gasteiger partial charge in [0.15, 0.2) is 0 Å². The lowest BCUT2D eigenvalue weighted by molar-refractivity contribution is -0.142. The minimum atomic E-state index is -0.777. The SMILES string of the molecule is Cc1ccc(Oc2cc(Br)ccc2CN(C)C(=O)C(=O)Nc2cc(Cl)ccc2OC2CCN(C)CC2)cc1. The smallest absolute Gasteiger partial charge is 0.314 e. The number of likely N-dealkylation sites (N-methyl/N-ethyl adjacent to an activating group) is 1. The number of ether oxygens (including phenoxy) is 2. The van der Waals surface area contributed by atoms with E-state index in [2.05, 4.69) is 33.2 Å². The van der Waals surface area contributed by atoms with Gasteiger partial charge < -0.3 is 24.6 Å². The van der Waals surface area contributed by atoms with Gasteiger partial charge in [-0.05, 0) is 69.3 Å². The summed E-state index contributed by atoms with van der Waals surface area (Å²) in [6.45, 7) is 4.06. The average Bonchev–Trinajstić information content (AvgIpc) is 2.89. The molecule has 1 heterocycles. The van der Waals surface area contributed by atoms with Crippen molar-refractivity contribution in [3.8, 4) is 17.2 Å². The maximum atomic E-state index is 13.0. The van der Waals surface area contributed by atoms with Gasteiger partial charge in [0.25, 0.3) is 0 Å². The van der Waals surface area contributed by atoms with Crippen molar-refractivity contribution in [1.82, 2.24) is 9.80 Å². The molecule has 0 atom stereocenters. The standard InChI is InChI=1S/C29H31BrClN3O4/c1-19-4-9-23(10-5-19)38-27-16-21(30)7-6-20(27)18-34(3)29(36)28(35)32-25-17-22(31)8-11-26(25)37-24-12-14-33(2)15-13-24/h4-11,16-17,24H,12-15,18H2,1-3H3,(H,32,35). The molecule has 0 radical (unpaired) electrons. The van der Waals surface area contributed by atoms with Crippen LogP contribution in [-0.2, 0) is 16.1 Å². The molecule has 1 saturated heterocycles. The summed E-state index contributed by atoms with van der Waals surface area (Å²) in [5, 5.41) is 3.13. The van der Waals surface area contributed by atoms with E-state index in [1.807, 2.05) is 49.4 Å². The Bertz CT molecular complexity index is 1290. The summed E-state index contributed by atoms with van der Waals surface area (Å²) in [6.07, 6.45) is 1.80. The van der Waals surface area contributed by atoms with E-state index in [1.54, 1.807) is 25.2 Å². The number of halogens is 2. The first-order chi connectivity index (χ1) is 18.2. The third-order valence-corrected chi connectivity index (χ3v) is 7.10. The molecule has 38 heavy (non-hydrogen) atoms. The molecule has 1 aliphatic rings. The molecule has 9 heteroatoms. The molecule has 4 rings (SSSR count). The zero-order chi connectivity index (χ0) is 27.2. The first-order valence-electron chi connectivity index (χ1n) is 12.4. The summed E-state index contributed by atoms with van der Waals surface area (Å²) in [7, 11) is 3.66. The van der Waals surface area contributed by atoms with Crippen LogP contribution in [0, 0.1) is 6.92 Å². The fraction of sp³-hybridized carbons (Fsp3) is 0.310. The number of carbonyl (C=O) groups is 2. The number of hydrogen-bond donors (Lipinski definition) is 1. The van der Waals surface area contributed by atoms with Crippen molar-refractivity contribution < 1.29 is 19.1 Å². The maximum Gasteiger partial charge on any atom is 0.314 e. The van der Waals surface area contributed by atoms with Crippen LogP contribution in [0.5, 0.6) is 17.2 Å². The number of aryl methyl sites for hydroxylation is 1. The van der Waals surface area contributed by atoms with Gasteiger partial charge in [0.05, 0.1) is 5.69 Å². The lowest BCUT2D eigenvalue weighted by Gasteiger charge is -2.30. The highest BCUT2D eigenvalue weighted by Crippen LogP contribution is 2.32. The lowest BCUT2D eigenvalue weighted by atomic mass is 10.1. The summed E-state index contributed by atoms with van der Waals surface area (Å²) < 4.78 is 13.1. The van der Waals surface area contributed by atoms with E-state index in [0.29, 0.717) is 28.0 Å². The topological polar surface area (TPSA) is 71.1 Å². The highest BCUT2D eigenvalue weighted by atomic mass is 79.9. The predicted molar refractivity (Wildman–Crippen MR) is 153 cm³/mol. The van der Waals surface area contributed by atoms with Gasteiger partial charge in [-0.15, -0.1) is 0 Å². The second-order valence-electron chi connectivity index (χ2n) is 9.54. The molecule has 1 N–H and O–H groups in total. The third kappa shape index (κ3) is 7.49. The molecular formula is C29H31BrClN3O4. The number of rotatable bonds is 7. The summed E-state index contributed by atoms with van der Waals surface area (Å²) >= 11 is 9.67. The van der Waals surface area contributed by atoms with Crippen LogP contribution in [0.4, 0.5) is 5.69 Å². The Balaban J connectivity index is 1.44. The van der Waals surface area contributed by atoms with Gasteiger partial charge in [-0.2, -0.15) is 0 Å². The first kappa shape index (κ1) is 28.0. The number of carbonyl (C=O) groups excluding carboxylic acids is 2. The molecule has 0 spiro atoms. The number of benzene rings is 3. The van der Waals surface area contributed by atoms with Crippen LogP contribution in [0.2, 0.25) is 5.02 Å². The lowest BCUT2D eigenvalue weighted by Crippen LogP contribution is -2.37. The number of nitrogens with zero attached hydrogens (tertiary/aromatic N) is 2. The molecule has 0 unspecified atom stereocenters. The monoisotopic (exact) mass is 599 g/mol. The van der Waals surface area contributed by atoms with Crippen molar-refractivity contribution in [2.75, 3.05) is 32.5 Å². The maximum absolute atomic E-state index is 13.0. The van der Waals surface area contributed by atoms with E-state index in [9.17, 15) is 9.59 Å². The fourth-order valence-corrected chi connectivity index (χ4v) is 4.66. The van der Waals surface area contributed by atoms with Crippen LogP contribution in [0.15, 0.2) is 65.1 Å². The molecule has 7 nitrogen and oxygen atoms in total. The Morgan fingerprint density at radius 2 is 1.76 bits per heavy atom. The average molecular weight is 601 g/mol. The minimum absolute atomic E-state index is 0.0331. The second-order valence-corrected chi connectivity index (χ2v) is 10.9. The molecule has 0 aliphatic carbocycles. The van der Waals surface area contributed by atoms with Crippen LogP contribution < -0.4 is 14.8 Å². The number of hydrogen-bond acceptors (Lipinski definition) is 5. The van der Waals surface area contributed by atoms with E-state index in [0.717, 1.165) is 41.5 Å². The second kappa shape index (κ2) is 12.7. The molecule has 0 aromatic heterocycles. The van der Waals surface area contributed by atoms with E-state index in [1.165, 1.54) is 4.90 Å². The van der Waals surface area contributed by atoms with Crippen molar-refractivity contribution in [1.29, 1.82) is 0 Å². The van der Waals surface area contributed by atoms with Gasteiger partial charge in [0.2, 0.25) is 0 Å². The van der Waals surface area contributed by atoms with Crippen molar-refractivity contribution in [2.24, 2.45) is 0 Å². The van der Waals surface area contributed by atoms with Gasteiger partial charge in [-0.1, -0.05) is 51.3 Å². The normalized spacial score (nSPS) is 14.1. The van der Waals surface area contributed by atoms with Crippen molar-refractivity contribution in [3.63, 3.8) is 0 Å². The summed E-state index contributed by atoms with van der Waals surface area (Å²) in [4.78, 5) is 29.6. The van der Waals surface area contributed by atoms with Crippen LogP contribution in [0.3, 0.4) is 0 Å². The molecule has 2 amide bonds. The Morgan fingerprint density at radius 3 is 2.47 bits per heavy atom. The van der Waals surface area contributed by atoms with Crippen molar-refractivity contribution >= 4 is 45.0 Å². The molecule has 0 saturated carbocycles. The van der Waals surface area contributed by atoms with E-state index in [4.69, 9.17) is 21.1 Å². The summed E-state index contributed by atoms with van der Waals surface area (Å²) in [5.74, 6) is 0.293. The highest BCUT2D eigenvalue weighted by molar-refractivity contribution is 9.10. The largest absolute Gasteiger partial charge is 0.488 e. The zero-order valence-corrected chi connectivity index (χ0v) is 24.0. The molecule has 0 bridgehead atoms. The van der Waals surface area contributed by atoms with Crippen LogP contribution in [-0.4, -0.2) is 54.9 Å². The van der Waals surface area contributed by atoms with E-state index in [-0.39, 0.29) is 12.6 Å². The molecule has 1 aliphatic heterocycles. The number of nitrogens with one attached hydrogen (secondary N) is 1. The van der Waals surface area contributed by atoms with Gasteiger partial charge in [0.1, 0.15) is 23.4 Å². The summed E-state index contributed by atoms with van der Waals surface area (Å²) in [6, 6.07) is 18.3. The zero-order valence-electron chi connectivity index (χ0n) is 21.7. The molecule has 200 valence electrons. The van der Waals surface area contributed by atoms with Gasteiger partial charge in [-0.3, -0.25) is 9.59 Å². The van der Waals surface area contributed by atoms with Crippen molar-refractivity contribution in [2.45, 2.75) is 32.4 Å². The number of piperidine rings is 1. The van der Waals surface area contributed by atoms with E-state index < -0.39 is 11.8 Å². The van der Waals surface area contributed by atoms with Crippen LogP contribution in [0.25, 0.3) is 0 Å². The number of likely N-dealkylation sites (tertiary alicyclic amines) is 1. The van der Waals surface area contributed by atoms with Gasteiger partial charge in [0, 0.05) is 41.7 Å². The fourth-order valence-electron chi connectivity index (χ4n) is 4.15. The Hall–Kier alpha value is -3.07. The predicted octanol–water partition coefficient (Wildman–Crippen LogP) is 6.27. The van der Waals surface area contributed by atoms with Crippen molar-refractivity contribution in [3.05, 3.63) is 81.3 Å². The van der Waals surface area contributed by atoms with Crippen LogP contribution in [0.1, 0.15) is 24.0 Å². The first-order valence-corrected chi connectivity index (χ1v) is 13.6. The Morgan fingerprint density at radius 1 is 1.05 bits per heavy atom. The molecule has 3 aromatic carbocycles. The van der Waals surface area contributed by atoms with E-state index >= 15 is 0 Å². The third-order valence-electron chi connectivity index (χ3n) is 6.38. The molecule has 1 fully saturated rings. The Kier molecular flexibility index (Phi) is 9.31. The number of anilines is 1. The Labute approximate surface area is 236 Å². The quantitative estimate of drug-likeness (QED) is 0.324. The molecular weight excluding hydrogens is 570 g/mol.